The van der Waals surface area contributed by atoms with E-state index in [4.69, 9.17) is 5.11 Å². The summed E-state index contributed by atoms with van der Waals surface area (Å²) in [6.45, 7) is 2.21. The molecule has 0 aliphatic heterocycles. The van der Waals surface area contributed by atoms with Gasteiger partial charge in [0, 0.05) is 6.42 Å². The molecule has 0 rings (SSSR count). The second-order valence-corrected chi connectivity index (χ2v) is 5.54. The molecule has 0 aromatic carbocycles. The molecule has 0 aliphatic rings. The highest BCUT2D eigenvalue weighted by Crippen LogP contribution is 2.12. The van der Waals surface area contributed by atoms with Crippen LogP contribution in [-0.4, -0.2) is 22.3 Å². The summed E-state index contributed by atoms with van der Waals surface area (Å²) in [5.41, 5.74) is 0. The van der Waals surface area contributed by atoms with Gasteiger partial charge in [0.05, 0.1) is 6.10 Å². The third-order valence-corrected chi connectivity index (χ3v) is 3.49. The second-order valence-electron chi connectivity index (χ2n) is 5.54. The van der Waals surface area contributed by atoms with Gasteiger partial charge in [0.15, 0.2) is 0 Å². The van der Waals surface area contributed by atoms with Gasteiger partial charge in [0.2, 0.25) is 0 Å². The van der Waals surface area contributed by atoms with Crippen LogP contribution in [0.25, 0.3) is 0 Å². The van der Waals surface area contributed by atoms with Crippen LogP contribution >= 0.6 is 0 Å². The fourth-order valence-electron chi connectivity index (χ4n) is 2.21. The summed E-state index contributed by atoms with van der Waals surface area (Å²) < 4.78 is 0. The lowest BCUT2D eigenvalue weighted by Crippen LogP contribution is -2.05. The van der Waals surface area contributed by atoms with E-state index in [0.717, 1.165) is 38.5 Å². The van der Waals surface area contributed by atoms with Crippen molar-refractivity contribution in [3.05, 3.63) is 12.2 Å². The van der Waals surface area contributed by atoms with Crippen molar-refractivity contribution in [3.63, 3.8) is 0 Å². The Kier molecular flexibility index (Phi) is 14.0. The fraction of sp³-hybridized carbons (Fsp3) is 0.824. The number of aliphatic carboxylic acids is 1. The molecule has 0 aromatic heterocycles. The van der Waals surface area contributed by atoms with Crippen molar-refractivity contribution in [2.24, 2.45) is 0 Å². The zero-order valence-corrected chi connectivity index (χ0v) is 13.0. The zero-order valence-electron chi connectivity index (χ0n) is 13.0. The van der Waals surface area contributed by atoms with Gasteiger partial charge in [-0.15, -0.1) is 0 Å². The molecule has 0 bridgehead atoms. The normalized spacial score (nSPS) is 12.9. The average molecular weight is 284 g/mol. The smallest absolute Gasteiger partial charge is 0.303 e. The maximum absolute atomic E-state index is 10.3. The Morgan fingerprint density at radius 1 is 0.950 bits per heavy atom. The Hall–Kier alpha value is -0.830. The highest BCUT2D eigenvalue weighted by atomic mass is 16.4. The first-order chi connectivity index (χ1) is 9.66. The lowest BCUT2D eigenvalue weighted by Gasteiger charge is -2.09. The first-order valence-electron chi connectivity index (χ1n) is 8.21. The first-order valence-corrected chi connectivity index (χ1v) is 8.21. The number of hydrogen-bond donors (Lipinski definition) is 2. The molecular formula is C17H32O3. The molecule has 0 aliphatic carbocycles. The van der Waals surface area contributed by atoms with Crippen molar-refractivity contribution >= 4 is 5.97 Å². The van der Waals surface area contributed by atoms with E-state index in [0.29, 0.717) is 6.42 Å². The van der Waals surface area contributed by atoms with Crippen LogP contribution in [0.15, 0.2) is 12.2 Å². The van der Waals surface area contributed by atoms with Crippen LogP contribution in [0.1, 0.15) is 84.0 Å². The molecule has 0 saturated heterocycles. The number of unbranched alkanes of at least 4 members (excludes halogenated alkanes) is 6. The summed E-state index contributed by atoms with van der Waals surface area (Å²) in [5.74, 6) is -0.739. The number of carboxylic acid groups (broad SMARTS) is 1. The van der Waals surface area contributed by atoms with E-state index in [2.05, 4.69) is 13.0 Å². The number of allylic oxidation sites excluding steroid dienone is 2. The molecule has 0 amide bonds. The van der Waals surface area contributed by atoms with Crippen molar-refractivity contribution in [1.29, 1.82) is 0 Å². The minimum Gasteiger partial charge on any atom is -0.481 e. The summed E-state index contributed by atoms with van der Waals surface area (Å²) in [7, 11) is 0. The predicted molar refractivity (Wildman–Crippen MR) is 83.9 cm³/mol. The van der Waals surface area contributed by atoms with Crippen molar-refractivity contribution in [3.8, 4) is 0 Å². The molecule has 2 N–H and O–H groups in total. The van der Waals surface area contributed by atoms with Crippen LogP contribution in [0, 0.1) is 0 Å². The van der Waals surface area contributed by atoms with Gasteiger partial charge in [0.1, 0.15) is 0 Å². The third kappa shape index (κ3) is 15.2. The topological polar surface area (TPSA) is 57.5 Å². The second kappa shape index (κ2) is 14.6. The van der Waals surface area contributed by atoms with Crippen molar-refractivity contribution in [2.45, 2.75) is 90.1 Å². The van der Waals surface area contributed by atoms with Crippen LogP contribution in [0.5, 0.6) is 0 Å². The minimum atomic E-state index is -0.739. The summed E-state index contributed by atoms with van der Waals surface area (Å²) >= 11 is 0. The molecule has 0 saturated carbocycles. The molecule has 3 heteroatoms. The number of carbonyl (C=O) groups is 1. The number of aliphatic hydroxyl groups excluding tert-OH is 1. The molecule has 3 nitrogen and oxygen atoms in total. The van der Waals surface area contributed by atoms with E-state index in [-0.39, 0.29) is 12.5 Å². The van der Waals surface area contributed by atoms with E-state index in [1.54, 1.807) is 0 Å². The minimum absolute atomic E-state index is 0.132. The molecule has 118 valence electrons. The van der Waals surface area contributed by atoms with Gasteiger partial charge in [-0.1, -0.05) is 57.6 Å². The number of aliphatic hydroxyl groups is 1. The van der Waals surface area contributed by atoms with Gasteiger partial charge in [-0.2, -0.15) is 0 Å². The summed E-state index contributed by atoms with van der Waals surface area (Å²) in [4.78, 5) is 10.3. The average Bonchev–Trinajstić information content (AvgIpc) is 2.41. The SMILES string of the molecule is CCCCCCCC(O)CCCCC=CCCC(=O)O. The highest BCUT2D eigenvalue weighted by Gasteiger charge is 2.03. The van der Waals surface area contributed by atoms with Crippen LogP contribution < -0.4 is 0 Å². The highest BCUT2D eigenvalue weighted by molar-refractivity contribution is 5.66. The van der Waals surface area contributed by atoms with Gasteiger partial charge < -0.3 is 10.2 Å². The maximum Gasteiger partial charge on any atom is 0.303 e. The molecule has 20 heavy (non-hydrogen) atoms. The molecule has 0 radical (unpaired) electrons. The lowest BCUT2D eigenvalue weighted by molar-refractivity contribution is -0.136. The number of rotatable bonds is 14. The Morgan fingerprint density at radius 2 is 1.55 bits per heavy atom. The summed E-state index contributed by atoms with van der Waals surface area (Å²) in [5, 5.41) is 18.3. The van der Waals surface area contributed by atoms with Crippen LogP contribution in [0.2, 0.25) is 0 Å². The van der Waals surface area contributed by atoms with Crippen LogP contribution in [0.3, 0.4) is 0 Å². The molecule has 0 spiro atoms. The number of hydrogen-bond acceptors (Lipinski definition) is 2. The molecule has 0 aromatic rings. The first kappa shape index (κ1) is 19.2. The van der Waals surface area contributed by atoms with E-state index < -0.39 is 5.97 Å². The van der Waals surface area contributed by atoms with Gasteiger partial charge >= 0.3 is 5.97 Å². The van der Waals surface area contributed by atoms with Crippen LogP contribution in [0.4, 0.5) is 0 Å². The van der Waals surface area contributed by atoms with Crippen molar-refractivity contribution in [1.82, 2.24) is 0 Å². The van der Waals surface area contributed by atoms with Gasteiger partial charge in [0.25, 0.3) is 0 Å². The standard InChI is InChI=1S/C17H32O3/c1-2-3-4-7-10-13-16(18)14-11-8-5-6-9-12-15-17(19)20/h6,9,16,18H,2-5,7-8,10-15H2,1H3,(H,19,20). The Bertz CT molecular complexity index is 249. The zero-order chi connectivity index (χ0) is 15.1. The van der Waals surface area contributed by atoms with Gasteiger partial charge in [-0.05, 0) is 32.1 Å². The maximum atomic E-state index is 10.3. The summed E-state index contributed by atoms with van der Waals surface area (Å²) in [6, 6.07) is 0. The molecule has 1 unspecified atom stereocenters. The Labute approximate surface area is 124 Å². The predicted octanol–water partition coefficient (Wildman–Crippen LogP) is 4.69. The van der Waals surface area contributed by atoms with Gasteiger partial charge in [-0.3, -0.25) is 4.79 Å². The third-order valence-electron chi connectivity index (χ3n) is 3.49. The monoisotopic (exact) mass is 284 g/mol. The molecule has 0 fully saturated rings. The Morgan fingerprint density at radius 3 is 2.20 bits per heavy atom. The van der Waals surface area contributed by atoms with E-state index in [1.165, 1.54) is 25.7 Å². The van der Waals surface area contributed by atoms with Crippen molar-refractivity contribution < 1.29 is 15.0 Å². The fourth-order valence-corrected chi connectivity index (χ4v) is 2.21. The quantitative estimate of drug-likeness (QED) is 0.359. The van der Waals surface area contributed by atoms with Crippen LogP contribution in [-0.2, 0) is 4.79 Å². The largest absolute Gasteiger partial charge is 0.481 e. The van der Waals surface area contributed by atoms with Gasteiger partial charge in [-0.25, -0.2) is 0 Å². The van der Waals surface area contributed by atoms with E-state index >= 15 is 0 Å². The number of carboxylic acids is 1. The molecule has 1 atom stereocenters. The Balaban J connectivity index is 3.26. The summed E-state index contributed by atoms with van der Waals surface area (Å²) in [6.07, 6.45) is 15.9. The van der Waals surface area contributed by atoms with E-state index in [1.807, 2.05) is 6.08 Å². The molecular weight excluding hydrogens is 252 g/mol. The molecule has 0 heterocycles. The van der Waals surface area contributed by atoms with Crippen molar-refractivity contribution in [2.75, 3.05) is 0 Å². The lowest BCUT2D eigenvalue weighted by atomic mass is 10.0. The van der Waals surface area contributed by atoms with E-state index in [9.17, 15) is 9.90 Å².